The third-order valence-electron chi connectivity index (χ3n) is 5.84. The Morgan fingerprint density at radius 1 is 1.32 bits per heavy atom. The number of rotatable bonds is 6. The summed E-state index contributed by atoms with van der Waals surface area (Å²) in [4.78, 5) is 17.0. The van der Waals surface area contributed by atoms with Crippen molar-refractivity contribution in [3.63, 3.8) is 0 Å². The predicted molar refractivity (Wildman–Crippen MR) is 108 cm³/mol. The summed E-state index contributed by atoms with van der Waals surface area (Å²) in [5.74, 6) is -3.78. The number of nitrogens with zero attached hydrogens (tertiary/aromatic N) is 1. The average molecular weight is 438 g/mol. The maximum absolute atomic E-state index is 14.3. The fourth-order valence-corrected chi connectivity index (χ4v) is 3.84. The van der Waals surface area contributed by atoms with E-state index in [2.05, 4.69) is 10.3 Å². The second kappa shape index (κ2) is 8.84. The summed E-state index contributed by atoms with van der Waals surface area (Å²) >= 11 is 0. The number of amides is 1. The number of ether oxygens (including phenoxy) is 2. The molecule has 0 bridgehead atoms. The smallest absolute Gasteiger partial charge is 0.254 e. The van der Waals surface area contributed by atoms with Crippen LogP contribution in [0.4, 0.5) is 18.9 Å². The number of methoxy groups -OCH3 is 1. The lowest BCUT2D eigenvalue weighted by atomic mass is 9.78. The molecule has 1 aliphatic heterocycles. The Morgan fingerprint density at radius 3 is 2.61 bits per heavy atom. The highest BCUT2D eigenvalue weighted by Gasteiger charge is 2.51. The van der Waals surface area contributed by atoms with Crippen molar-refractivity contribution in [1.29, 1.82) is 0 Å². The van der Waals surface area contributed by atoms with Crippen LogP contribution in [-0.4, -0.2) is 41.5 Å². The minimum absolute atomic E-state index is 0.136. The van der Waals surface area contributed by atoms with Crippen LogP contribution in [0.25, 0.3) is 0 Å². The summed E-state index contributed by atoms with van der Waals surface area (Å²) in [6, 6.07) is 5.28. The van der Waals surface area contributed by atoms with Crippen LogP contribution in [0.15, 0.2) is 30.5 Å². The van der Waals surface area contributed by atoms with Crippen LogP contribution in [0.1, 0.15) is 44.1 Å². The van der Waals surface area contributed by atoms with Crippen LogP contribution < -0.4 is 10.1 Å². The molecule has 0 radical (unpaired) electrons. The third-order valence-corrected chi connectivity index (χ3v) is 5.84. The molecule has 1 fully saturated rings. The Kier molecular flexibility index (Phi) is 6.56. The van der Waals surface area contributed by atoms with Gasteiger partial charge in [-0.25, -0.2) is 8.78 Å². The topological polar surface area (TPSA) is 80.7 Å². The van der Waals surface area contributed by atoms with Crippen molar-refractivity contribution >= 4 is 11.6 Å². The SMILES string of the molecule is COc1c([C@H]2[C@H](C(=O)Nc3ccc([C@H](O)CF)nc3)OC(C)(C)[C@H]2C)ccc(F)c1F. The van der Waals surface area contributed by atoms with Gasteiger partial charge in [0, 0.05) is 11.5 Å². The fourth-order valence-electron chi connectivity index (χ4n) is 3.84. The Hall–Kier alpha value is -2.65. The van der Waals surface area contributed by atoms with E-state index in [1.807, 2.05) is 20.8 Å². The molecule has 9 heteroatoms. The van der Waals surface area contributed by atoms with E-state index in [4.69, 9.17) is 9.47 Å². The number of aliphatic hydroxyl groups is 1. The number of aromatic nitrogens is 1. The molecule has 1 aromatic heterocycles. The molecule has 0 spiro atoms. The quantitative estimate of drug-likeness (QED) is 0.715. The molecule has 168 valence electrons. The van der Waals surface area contributed by atoms with Gasteiger partial charge in [-0.15, -0.1) is 0 Å². The van der Waals surface area contributed by atoms with Gasteiger partial charge in [0.05, 0.1) is 30.3 Å². The van der Waals surface area contributed by atoms with E-state index in [1.54, 1.807) is 0 Å². The molecule has 1 aliphatic rings. The van der Waals surface area contributed by atoms with Crippen LogP contribution in [0.3, 0.4) is 0 Å². The number of carbonyl (C=O) groups is 1. The van der Waals surface area contributed by atoms with Gasteiger partial charge in [-0.3, -0.25) is 9.78 Å². The normalized spacial score (nSPS) is 23.4. The maximum Gasteiger partial charge on any atom is 0.254 e. The zero-order chi connectivity index (χ0) is 22.9. The highest BCUT2D eigenvalue weighted by atomic mass is 19.2. The van der Waals surface area contributed by atoms with Crippen molar-refractivity contribution in [2.24, 2.45) is 5.92 Å². The molecule has 2 N–H and O–H groups in total. The molecule has 3 rings (SSSR count). The summed E-state index contributed by atoms with van der Waals surface area (Å²) in [5.41, 5.74) is 0.0586. The predicted octanol–water partition coefficient (Wildman–Crippen LogP) is 3.91. The highest BCUT2D eigenvalue weighted by Crippen LogP contribution is 2.49. The van der Waals surface area contributed by atoms with Gasteiger partial charge in [-0.1, -0.05) is 13.0 Å². The van der Waals surface area contributed by atoms with Crippen LogP contribution in [0.2, 0.25) is 0 Å². The van der Waals surface area contributed by atoms with E-state index in [0.717, 1.165) is 6.07 Å². The van der Waals surface area contributed by atoms with Crippen LogP contribution in [0.5, 0.6) is 5.75 Å². The Balaban J connectivity index is 1.91. The molecule has 0 aliphatic carbocycles. The molecule has 2 aromatic rings. The Labute approximate surface area is 178 Å². The van der Waals surface area contributed by atoms with E-state index in [1.165, 1.54) is 31.5 Å². The van der Waals surface area contributed by atoms with Gasteiger partial charge in [0.1, 0.15) is 18.9 Å². The molecule has 6 nitrogen and oxygen atoms in total. The molecule has 31 heavy (non-hydrogen) atoms. The molecule has 4 atom stereocenters. The number of carbonyl (C=O) groups excluding carboxylic acids is 1. The highest BCUT2D eigenvalue weighted by molar-refractivity contribution is 5.95. The van der Waals surface area contributed by atoms with E-state index in [9.17, 15) is 23.1 Å². The summed E-state index contributed by atoms with van der Waals surface area (Å²) in [6.45, 7) is 4.53. The lowest BCUT2D eigenvalue weighted by Crippen LogP contribution is -2.33. The van der Waals surface area contributed by atoms with Crippen LogP contribution in [0, 0.1) is 17.6 Å². The molecule has 1 amide bonds. The first-order chi connectivity index (χ1) is 14.6. The van der Waals surface area contributed by atoms with Crippen molar-refractivity contribution in [3.05, 3.63) is 53.4 Å². The van der Waals surface area contributed by atoms with Gasteiger partial charge in [-0.2, -0.15) is 4.39 Å². The number of nitrogens with one attached hydrogen (secondary N) is 1. The second-order valence-electron chi connectivity index (χ2n) is 8.07. The first-order valence-corrected chi connectivity index (χ1v) is 9.81. The molecule has 0 unspecified atom stereocenters. The van der Waals surface area contributed by atoms with Gasteiger partial charge in [0.2, 0.25) is 5.82 Å². The summed E-state index contributed by atoms with van der Waals surface area (Å²) < 4.78 is 51.8. The number of pyridine rings is 1. The van der Waals surface area contributed by atoms with Crippen LogP contribution in [-0.2, 0) is 9.53 Å². The molecule has 1 aromatic carbocycles. The monoisotopic (exact) mass is 438 g/mol. The van der Waals surface area contributed by atoms with Gasteiger partial charge in [-0.05, 0) is 38.0 Å². The Bertz CT molecular complexity index is 953. The first kappa shape index (κ1) is 23.0. The average Bonchev–Trinajstić information content (AvgIpc) is 2.99. The molecule has 2 heterocycles. The molecule has 0 saturated carbocycles. The van der Waals surface area contributed by atoms with E-state index in [0.29, 0.717) is 11.3 Å². The van der Waals surface area contributed by atoms with Gasteiger partial charge in [0.15, 0.2) is 11.6 Å². The zero-order valence-corrected chi connectivity index (χ0v) is 17.7. The molecular formula is C22H25F3N2O4. The lowest BCUT2D eigenvalue weighted by molar-refractivity contribution is -0.131. The zero-order valence-electron chi connectivity index (χ0n) is 17.7. The summed E-state index contributed by atoms with van der Waals surface area (Å²) in [6.07, 6.45) is -1.06. The number of benzene rings is 1. The number of hydrogen-bond acceptors (Lipinski definition) is 5. The first-order valence-electron chi connectivity index (χ1n) is 9.81. The third kappa shape index (κ3) is 4.38. The number of alkyl halides is 1. The fraction of sp³-hybridized carbons (Fsp3) is 0.455. The number of hydrogen-bond donors (Lipinski definition) is 2. The lowest BCUT2D eigenvalue weighted by Gasteiger charge is -2.25. The van der Waals surface area contributed by atoms with Gasteiger partial charge >= 0.3 is 0 Å². The molecular weight excluding hydrogens is 413 g/mol. The van der Waals surface area contributed by atoms with Crippen LogP contribution >= 0.6 is 0 Å². The Morgan fingerprint density at radius 2 is 2.03 bits per heavy atom. The standard InChI is InChI=1S/C22H25F3N2O4/c1-11-17(13-6-7-14(24)18(25)19(13)30-4)20(31-22(11,2)3)21(29)27-12-5-8-15(26-10-12)16(28)9-23/h5-8,10-11,16-17,20,28H,9H2,1-4H3,(H,27,29)/t11-,16+,17-,20+/m0/s1. The summed E-state index contributed by atoms with van der Waals surface area (Å²) in [5, 5.41) is 12.2. The van der Waals surface area contributed by atoms with Gasteiger partial charge in [0.25, 0.3) is 5.91 Å². The molecule has 1 saturated heterocycles. The largest absolute Gasteiger partial charge is 0.493 e. The van der Waals surface area contributed by atoms with Gasteiger partial charge < -0.3 is 19.9 Å². The second-order valence-corrected chi connectivity index (χ2v) is 8.07. The number of anilines is 1. The maximum atomic E-state index is 14.3. The minimum Gasteiger partial charge on any atom is -0.493 e. The van der Waals surface area contributed by atoms with Crippen molar-refractivity contribution in [3.8, 4) is 5.75 Å². The van der Waals surface area contributed by atoms with E-state index < -0.39 is 47.9 Å². The van der Waals surface area contributed by atoms with Crippen molar-refractivity contribution < 1.29 is 32.5 Å². The van der Waals surface area contributed by atoms with E-state index in [-0.39, 0.29) is 17.4 Å². The summed E-state index contributed by atoms with van der Waals surface area (Å²) in [7, 11) is 1.24. The van der Waals surface area contributed by atoms with Crippen molar-refractivity contribution in [2.45, 2.75) is 44.5 Å². The van der Waals surface area contributed by atoms with E-state index >= 15 is 0 Å². The minimum atomic E-state index is -1.34. The van der Waals surface area contributed by atoms with Crippen molar-refractivity contribution in [1.82, 2.24) is 4.98 Å². The van der Waals surface area contributed by atoms with Crippen molar-refractivity contribution in [2.75, 3.05) is 19.1 Å². The number of aliphatic hydroxyl groups excluding tert-OH is 1. The number of halogens is 3.